The zero-order valence-corrected chi connectivity index (χ0v) is 8.78. The Bertz CT molecular complexity index is 361. The molecule has 0 saturated heterocycles. The first-order chi connectivity index (χ1) is 6.48. The van der Waals surface area contributed by atoms with Crippen molar-refractivity contribution in [2.75, 3.05) is 0 Å². The fourth-order valence-corrected chi connectivity index (χ4v) is 1.24. The standard InChI is InChI=1S/C12H15NO/c1-9(2)12(3,14)11-6-4-5-10(7-11)8-13/h4-7,9,14H,1-3H3. The predicted octanol–water partition coefficient (Wildman–Crippen LogP) is 2.42. The van der Waals surface area contributed by atoms with Crippen LogP contribution in [0.5, 0.6) is 0 Å². The van der Waals surface area contributed by atoms with Crippen LogP contribution in [0.1, 0.15) is 31.9 Å². The molecule has 1 rings (SSSR count). The van der Waals surface area contributed by atoms with E-state index in [0.29, 0.717) is 5.56 Å². The van der Waals surface area contributed by atoms with E-state index in [9.17, 15) is 5.11 Å². The average Bonchev–Trinajstić information content (AvgIpc) is 2.17. The summed E-state index contributed by atoms with van der Waals surface area (Å²) in [6.07, 6.45) is 0. The van der Waals surface area contributed by atoms with Gasteiger partial charge in [0.25, 0.3) is 0 Å². The molecule has 0 aliphatic rings. The molecule has 2 heteroatoms. The molecule has 0 radical (unpaired) electrons. The van der Waals surface area contributed by atoms with Crippen LogP contribution < -0.4 is 0 Å². The average molecular weight is 189 g/mol. The molecular formula is C12H15NO. The minimum Gasteiger partial charge on any atom is -0.385 e. The van der Waals surface area contributed by atoms with Crippen LogP contribution in [0.3, 0.4) is 0 Å². The summed E-state index contributed by atoms with van der Waals surface area (Å²) in [6, 6.07) is 9.18. The highest BCUT2D eigenvalue weighted by molar-refractivity contribution is 5.35. The van der Waals surface area contributed by atoms with E-state index in [1.807, 2.05) is 19.9 Å². The van der Waals surface area contributed by atoms with Gasteiger partial charge in [-0.15, -0.1) is 0 Å². The summed E-state index contributed by atoms with van der Waals surface area (Å²) in [5, 5.41) is 18.9. The highest BCUT2D eigenvalue weighted by Gasteiger charge is 2.27. The number of nitrogens with zero attached hydrogens (tertiary/aromatic N) is 1. The van der Waals surface area contributed by atoms with Crippen LogP contribution in [-0.2, 0) is 5.60 Å². The Morgan fingerprint density at radius 3 is 2.57 bits per heavy atom. The summed E-state index contributed by atoms with van der Waals surface area (Å²) in [7, 11) is 0. The molecule has 0 saturated carbocycles. The fourth-order valence-electron chi connectivity index (χ4n) is 1.24. The van der Waals surface area contributed by atoms with Gasteiger partial charge >= 0.3 is 0 Å². The predicted molar refractivity (Wildman–Crippen MR) is 55.6 cm³/mol. The van der Waals surface area contributed by atoms with E-state index in [1.54, 1.807) is 25.1 Å². The van der Waals surface area contributed by atoms with Gasteiger partial charge in [-0.25, -0.2) is 0 Å². The van der Waals surface area contributed by atoms with Crippen molar-refractivity contribution in [2.24, 2.45) is 5.92 Å². The molecule has 0 aliphatic heterocycles. The third-order valence-electron chi connectivity index (χ3n) is 2.70. The Balaban J connectivity index is 3.14. The molecule has 1 aromatic carbocycles. The second-order valence-electron chi connectivity index (χ2n) is 3.99. The van der Waals surface area contributed by atoms with Gasteiger partial charge in [0.15, 0.2) is 0 Å². The third kappa shape index (κ3) is 1.94. The zero-order valence-electron chi connectivity index (χ0n) is 8.78. The van der Waals surface area contributed by atoms with Gasteiger partial charge in [-0.05, 0) is 30.5 Å². The van der Waals surface area contributed by atoms with E-state index in [1.165, 1.54) is 0 Å². The van der Waals surface area contributed by atoms with Crippen molar-refractivity contribution >= 4 is 0 Å². The van der Waals surface area contributed by atoms with Crippen LogP contribution in [0.2, 0.25) is 0 Å². The number of benzene rings is 1. The molecule has 0 bridgehead atoms. The minimum atomic E-state index is -0.868. The van der Waals surface area contributed by atoms with Crippen molar-refractivity contribution in [3.05, 3.63) is 35.4 Å². The smallest absolute Gasteiger partial charge is 0.0991 e. The van der Waals surface area contributed by atoms with Crippen molar-refractivity contribution in [3.8, 4) is 6.07 Å². The maximum atomic E-state index is 10.2. The highest BCUT2D eigenvalue weighted by Crippen LogP contribution is 2.28. The summed E-state index contributed by atoms with van der Waals surface area (Å²) in [5.41, 5.74) is 0.516. The van der Waals surface area contributed by atoms with E-state index in [-0.39, 0.29) is 5.92 Å². The molecule has 1 N–H and O–H groups in total. The molecule has 0 aliphatic carbocycles. The van der Waals surface area contributed by atoms with Gasteiger partial charge in [-0.1, -0.05) is 26.0 Å². The van der Waals surface area contributed by atoms with Crippen LogP contribution in [0, 0.1) is 17.2 Å². The SMILES string of the molecule is CC(C)C(C)(O)c1cccc(C#N)c1. The monoisotopic (exact) mass is 189 g/mol. The maximum Gasteiger partial charge on any atom is 0.0991 e. The minimum absolute atomic E-state index is 0.122. The Kier molecular flexibility index (Phi) is 2.93. The van der Waals surface area contributed by atoms with Gasteiger partial charge in [0.05, 0.1) is 17.2 Å². The number of rotatable bonds is 2. The van der Waals surface area contributed by atoms with Gasteiger partial charge in [0.1, 0.15) is 0 Å². The lowest BCUT2D eigenvalue weighted by molar-refractivity contribution is 0.00903. The molecular weight excluding hydrogens is 174 g/mol. The lowest BCUT2D eigenvalue weighted by atomic mass is 9.85. The quantitative estimate of drug-likeness (QED) is 0.776. The molecule has 0 spiro atoms. The number of hydrogen-bond acceptors (Lipinski definition) is 2. The van der Waals surface area contributed by atoms with Crippen molar-refractivity contribution in [3.63, 3.8) is 0 Å². The Morgan fingerprint density at radius 1 is 1.43 bits per heavy atom. The lowest BCUT2D eigenvalue weighted by Gasteiger charge is -2.28. The van der Waals surface area contributed by atoms with Crippen molar-refractivity contribution in [2.45, 2.75) is 26.4 Å². The zero-order chi connectivity index (χ0) is 10.8. The molecule has 1 unspecified atom stereocenters. The highest BCUT2D eigenvalue weighted by atomic mass is 16.3. The first-order valence-corrected chi connectivity index (χ1v) is 4.71. The summed E-state index contributed by atoms with van der Waals surface area (Å²) >= 11 is 0. The molecule has 14 heavy (non-hydrogen) atoms. The summed E-state index contributed by atoms with van der Waals surface area (Å²) in [5.74, 6) is 0.122. The first kappa shape index (κ1) is 10.7. The first-order valence-electron chi connectivity index (χ1n) is 4.71. The van der Waals surface area contributed by atoms with E-state index in [2.05, 4.69) is 6.07 Å². The van der Waals surface area contributed by atoms with Gasteiger partial charge in [0, 0.05) is 0 Å². The number of aliphatic hydroxyl groups is 1. The van der Waals surface area contributed by atoms with E-state index >= 15 is 0 Å². The lowest BCUT2D eigenvalue weighted by Crippen LogP contribution is -2.27. The Morgan fingerprint density at radius 2 is 2.07 bits per heavy atom. The topological polar surface area (TPSA) is 44.0 Å². The molecule has 1 atom stereocenters. The molecule has 2 nitrogen and oxygen atoms in total. The van der Waals surface area contributed by atoms with Crippen LogP contribution >= 0.6 is 0 Å². The van der Waals surface area contributed by atoms with Crippen molar-refractivity contribution in [1.82, 2.24) is 0 Å². The molecule has 0 heterocycles. The molecule has 0 fully saturated rings. The van der Waals surface area contributed by atoms with Gasteiger partial charge in [-0.3, -0.25) is 0 Å². The van der Waals surface area contributed by atoms with Gasteiger partial charge < -0.3 is 5.11 Å². The molecule has 1 aromatic rings. The third-order valence-corrected chi connectivity index (χ3v) is 2.70. The summed E-state index contributed by atoms with van der Waals surface area (Å²) in [6.45, 7) is 5.69. The second kappa shape index (κ2) is 3.81. The van der Waals surface area contributed by atoms with Crippen LogP contribution in [0.25, 0.3) is 0 Å². The maximum absolute atomic E-state index is 10.2. The summed E-state index contributed by atoms with van der Waals surface area (Å²) < 4.78 is 0. The van der Waals surface area contributed by atoms with Crippen LogP contribution in [-0.4, -0.2) is 5.11 Å². The molecule has 0 aromatic heterocycles. The van der Waals surface area contributed by atoms with E-state index < -0.39 is 5.60 Å². The van der Waals surface area contributed by atoms with E-state index in [0.717, 1.165) is 5.56 Å². The fraction of sp³-hybridized carbons (Fsp3) is 0.417. The summed E-state index contributed by atoms with van der Waals surface area (Å²) in [4.78, 5) is 0. The van der Waals surface area contributed by atoms with E-state index in [4.69, 9.17) is 5.26 Å². The van der Waals surface area contributed by atoms with Gasteiger partial charge in [0.2, 0.25) is 0 Å². The largest absolute Gasteiger partial charge is 0.385 e. The Labute approximate surface area is 84.8 Å². The van der Waals surface area contributed by atoms with Crippen molar-refractivity contribution in [1.29, 1.82) is 5.26 Å². The second-order valence-corrected chi connectivity index (χ2v) is 3.99. The van der Waals surface area contributed by atoms with Crippen LogP contribution in [0.15, 0.2) is 24.3 Å². The number of hydrogen-bond donors (Lipinski definition) is 1. The van der Waals surface area contributed by atoms with Gasteiger partial charge in [-0.2, -0.15) is 5.26 Å². The van der Waals surface area contributed by atoms with Crippen LogP contribution in [0.4, 0.5) is 0 Å². The normalized spacial score (nSPS) is 14.9. The Hall–Kier alpha value is -1.33. The van der Waals surface area contributed by atoms with Crippen molar-refractivity contribution < 1.29 is 5.11 Å². The number of nitriles is 1. The molecule has 74 valence electrons. The molecule has 0 amide bonds.